The summed E-state index contributed by atoms with van der Waals surface area (Å²) in [5, 5.41) is 0. The summed E-state index contributed by atoms with van der Waals surface area (Å²) < 4.78 is 0. The molecule has 0 bridgehead atoms. The molecule has 0 aromatic heterocycles. The van der Waals surface area contributed by atoms with Crippen LogP contribution in [0.5, 0.6) is 0 Å². The quantitative estimate of drug-likeness (QED) is 0.447. The molecule has 1 heteroatoms. The van der Waals surface area contributed by atoms with Crippen molar-refractivity contribution in [3.05, 3.63) is 46.6 Å². The molecule has 0 nitrogen and oxygen atoms in total. The normalized spacial score (nSPS) is 17.9. The van der Waals surface area contributed by atoms with E-state index in [4.69, 9.17) is 0 Å². The summed E-state index contributed by atoms with van der Waals surface area (Å²) in [5.41, 5.74) is 5.42. The van der Waals surface area contributed by atoms with E-state index >= 15 is 0 Å². The molecule has 0 radical (unpaired) electrons. The minimum Gasteiger partial charge on any atom is -0.270 e. The van der Waals surface area contributed by atoms with Gasteiger partial charge < -0.3 is 0 Å². The Bertz CT molecular complexity index is 261. The molecular weight excluding hydrogens is 347 g/mol. The van der Waals surface area contributed by atoms with Gasteiger partial charge >= 0.3 is 0 Å². The van der Waals surface area contributed by atoms with Gasteiger partial charge in [0.1, 0.15) is 0 Å². The van der Waals surface area contributed by atoms with Gasteiger partial charge in [0.05, 0.1) is 0 Å². The van der Waals surface area contributed by atoms with E-state index in [1.165, 1.54) is 22.3 Å². The van der Waals surface area contributed by atoms with Crippen molar-refractivity contribution in [2.45, 2.75) is 40.5 Å². The zero-order valence-electron chi connectivity index (χ0n) is 10.1. The molecule has 0 spiro atoms. The van der Waals surface area contributed by atoms with Crippen LogP contribution in [-0.4, -0.2) is 0 Å². The topological polar surface area (TPSA) is 0 Å². The standard InChI is InChI=1S/2C7H9.Hf/c2*1-6-4-3-5-7(6)2;/h2*4H,3H2,1-2H3;/q2*-1;. The molecule has 0 aromatic rings. The molecular formula is C14H18Hf-2. The van der Waals surface area contributed by atoms with Crippen LogP contribution in [0.4, 0.5) is 0 Å². The van der Waals surface area contributed by atoms with Crippen LogP contribution in [0.1, 0.15) is 40.5 Å². The average molecular weight is 365 g/mol. The van der Waals surface area contributed by atoms with E-state index in [9.17, 15) is 0 Å². The van der Waals surface area contributed by atoms with Crippen LogP contribution in [-0.2, 0) is 25.8 Å². The zero-order valence-corrected chi connectivity index (χ0v) is 13.7. The van der Waals surface area contributed by atoms with Crippen LogP contribution < -0.4 is 0 Å². The first-order chi connectivity index (χ1) is 6.61. The Kier molecular flexibility index (Phi) is 7.08. The molecule has 2 aliphatic carbocycles. The van der Waals surface area contributed by atoms with Crippen molar-refractivity contribution in [3.63, 3.8) is 0 Å². The van der Waals surface area contributed by atoms with Crippen LogP contribution in [0.3, 0.4) is 0 Å². The Morgan fingerprint density at radius 2 is 1.13 bits per heavy atom. The van der Waals surface area contributed by atoms with Gasteiger partial charge in [-0.15, -0.1) is 26.7 Å². The van der Waals surface area contributed by atoms with E-state index in [-0.39, 0.29) is 25.8 Å². The largest absolute Gasteiger partial charge is 0.270 e. The Balaban J connectivity index is 0.000000245. The molecule has 0 aliphatic heterocycles. The maximum atomic E-state index is 3.19. The SMILES string of the molecule is CC1=[C-]CC=C1C.CC1=[C-]CC=C1C.[Hf]. The monoisotopic (exact) mass is 366 g/mol. The van der Waals surface area contributed by atoms with Gasteiger partial charge in [-0.05, 0) is 0 Å². The Labute approximate surface area is 113 Å². The number of rotatable bonds is 0. The van der Waals surface area contributed by atoms with Crippen molar-refractivity contribution in [2.24, 2.45) is 0 Å². The van der Waals surface area contributed by atoms with E-state index in [0.29, 0.717) is 0 Å². The molecule has 0 fully saturated rings. The molecule has 0 atom stereocenters. The van der Waals surface area contributed by atoms with Crippen molar-refractivity contribution in [1.29, 1.82) is 0 Å². The molecule has 0 N–H and O–H groups in total. The summed E-state index contributed by atoms with van der Waals surface area (Å²) in [4.78, 5) is 0. The molecule has 0 unspecified atom stereocenters. The van der Waals surface area contributed by atoms with Crippen LogP contribution in [0, 0.1) is 12.2 Å². The maximum absolute atomic E-state index is 3.19. The molecule has 2 rings (SSSR count). The van der Waals surface area contributed by atoms with Gasteiger partial charge in [-0.1, -0.05) is 13.8 Å². The third-order valence-corrected chi connectivity index (χ3v) is 2.73. The summed E-state index contributed by atoms with van der Waals surface area (Å²) in [6, 6.07) is 0. The Hall–Kier alpha value is -0.170. The first kappa shape index (κ1) is 14.8. The predicted octanol–water partition coefficient (Wildman–Crippen LogP) is 4.17. The first-order valence-electron chi connectivity index (χ1n) is 5.10. The number of hydrogen-bond acceptors (Lipinski definition) is 0. The summed E-state index contributed by atoms with van der Waals surface area (Å²) in [6.07, 6.45) is 12.8. The molecule has 0 aromatic carbocycles. The van der Waals surface area contributed by atoms with E-state index in [2.05, 4.69) is 52.0 Å². The third-order valence-electron chi connectivity index (χ3n) is 2.73. The summed E-state index contributed by atoms with van der Waals surface area (Å²) in [7, 11) is 0. The van der Waals surface area contributed by atoms with Crippen molar-refractivity contribution in [2.75, 3.05) is 0 Å². The van der Waals surface area contributed by atoms with Gasteiger partial charge in [-0.25, -0.2) is 22.3 Å². The van der Waals surface area contributed by atoms with Crippen molar-refractivity contribution < 1.29 is 25.8 Å². The predicted molar refractivity (Wildman–Crippen MR) is 61.6 cm³/mol. The molecule has 0 amide bonds. The van der Waals surface area contributed by atoms with E-state index in [0.717, 1.165) is 12.8 Å². The summed E-state index contributed by atoms with van der Waals surface area (Å²) in [5.74, 6) is 0. The van der Waals surface area contributed by atoms with Crippen LogP contribution in [0.2, 0.25) is 0 Å². The minimum atomic E-state index is 0. The molecule has 0 saturated heterocycles. The Morgan fingerprint density at radius 3 is 1.20 bits per heavy atom. The van der Waals surface area contributed by atoms with Gasteiger partial charge in [0.25, 0.3) is 0 Å². The Morgan fingerprint density at radius 1 is 0.800 bits per heavy atom. The second-order valence-electron chi connectivity index (χ2n) is 3.79. The van der Waals surface area contributed by atoms with Crippen LogP contribution in [0.15, 0.2) is 34.4 Å². The second kappa shape index (κ2) is 7.16. The number of hydrogen-bond donors (Lipinski definition) is 0. The van der Waals surface area contributed by atoms with Gasteiger partial charge in [-0.2, -0.15) is 12.2 Å². The maximum Gasteiger partial charge on any atom is 0 e. The van der Waals surface area contributed by atoms with E-state index in [1.807, 2.05) is 0 Å². The van der Waals surface area contributed by atoms with Crippen molar-refractivity contribution in [1.82, 2.24) is 0 Å². The van der Waals surface area contributed by atoms with Gasteiger partial charge in [0.2, 0.25) is 0 Å². The first-order valence-corrected chi connectivity index (χ1v) is 5.10. The minimum absolute atomic E-state index is 0. The van der Waals surface area contributed by atoms with E-state index in [1.54, 1.807) is 0 Å². The molecule has 0 saturated carbocycles. The van der Waals surface area contributed by atoms with Crippen molar-refractivity contribution >= 4 is 0 Å². The summed E-state index contributed by atoms with van der Waals surface area (Å²) in [6.45, 7) is 8.43. The van der Waals surface area contributed by atoms with Gasteiger partial charge in [0.15, 0.2) is 0 Å². The molecule has 0 heterocycles. The van der Waals surface area contributed by atoms with Gasteiger partial charge in [-0.3, -0.25) is 12.2 Å². The number of allylic oxidation sites excluding steroid dienone is 8. The van der Waals surface area contributed by atoms with Crippen LogP contribution >= 0.6 is 0 Å². The van der Waals surface area contributed by atoms with Crippen LogP contribution in [0.25, 0.3) is 0 Å². The van der Waals surface area contributed by atoms with Crippen molar-refractivity contribution in [3.8, 4) is 0 Å². The molecule has 2 aliphatic rings. The van der Waals surface area contributed by atoms with E-state index < -0.39 is 0 Å². The second-order valence-corrected chi connectivity index (χ2v) is 3.79. The smallest absolute Gasteiger partial charge is 0 e. The molecule has 80 valence electrons. The third kappa shape index (κ3) is 4.92. The molecule has 15 heavy (non-hydrogen) atoms. The summed E-state index contributed by atoms with van der Waals surface area (Å²) >= 11 is 0. The fourth-order valence-corrected chi connectivity index (χ4v) is 1.30. The average Bonchev–Trinajstić information content (AvgIpc) is 2.67. The van der Waals surface area contributed by atoms with Gasteiger partial charge in [0, 0.05) is 25.8 Å². The fourth-order valence-electron chi connectivity index (χ4n) is 1.30. The fraction of sp³-hybridized carbons (Fsp3) is 0.429. The zero-order chi connectivity index (χ0) is 10.6.